The fourth-order valence-electron chi connectivity index (χ4n) is 2.48. The molecule has 0 unspecified atom stereocenters. The van der Waals surface area contributed by atoms with Gasteiger partial charge in [-0.25, -0.2) is 9.97 Å². The SMILES string of the molecule is Cc1ccc(-c2cc(-c3cc(C)c(C)cc3O)nc(N)n2)cc1. The monoisotopic (exact) mass is 305 g/mol. The molecule has 0 saturated heterocycles. The molecule has 4 nitrogen and oxygen atoms in total. The third-order valence-corrected chi connectivity index (χ3v) is 3.98. The highest BCUT2D eigenvalue weighted by Gasteiger charge is 2.12. The van der Waals surface area contributed by atoms with Gasteiger partial charge >= 0.3 is 0 Å². The van der Waals surface area contributed by atoms with Crippen LogP contribution in [0.25, 0.3) is 22.5 Å². The number of rotatable bonds is 2. The predicted molar refractivity (Wildman–Crippen MR) is 93.2 cm³/mol. The predicted octanol–water partition coefficient (Wildman–Crippen LogP) is 4.02. The molecule has 3 N–H and O–H groups in total. The van der Waals surface area contributed by atoms with Crippen molar-refractivity contribution in [1.82, 2.24) is 9.97 Å². The van der Waals surface area contributed by atoms with Crippen LogP contribution in [0.3, 0.4) is 0 Å². The summed E-state index contributed by atoms with van der Waals surface area (Å²) in [5.41, 5.74) is 12.2. The summed E-state index contributed by atoms with van der Waals surface area (Å²) in [7, 11) is 0. The van der Waals surface area contributed by atoms with E-state index in [1.54, 1.807) is 6.07 Å². The van der Waals surface area contributed by atoms with E-state index in [9.17, 15) is 5.11 Å². The molecule has 0 aliphatic rings. The molecule has 0 bridgehead atoms. The lowest BCUT2D eigenvalue weighted by molar-refractivity contribution is 0.476. The Morgan fingerprint density at radius 2 is 1.43 bits per heavy atom. The fraction of sp³-hybridized carbons (Fsp3) is 0.158. The Balaban J connectivity index is 2.15. The van der Waals surface area contributed by atoms with Crippen molar-refractivity contribution in [3.63, 3.8) is 0 Å². The van der Waals surface area contributed by atoms with Crippen LogP contribution in [0.4, 0.5) is 5.95 Å². The van der Waals surface area contributed by atoms with Crippen LogP contribution in [-0.2, 0) is 0 Å². The van der Waals surface area contributed by atoms with E-state index >= 15 is 0 Å². The molecule has 0 radical (unpaired) electrons. The second kappa shape index (κ2) is 5.72. The van der Waals surface area contributed by atoms with Gasteiger partial charge in [-0.05, 0) is 50.1 Å². The van der Waals surface area contributed by atoms with Crippen LogP contribution >= 0.6 is 0 Å². The summed E-state index contributed by atoms with van der Waals surface area (Å²) in [5, 5.41) is 10.3. The summed E-state index contributed by atoms with van der Waals surface area (Å²) in [6.07, 6.45) is 0. The lowest BCUT2D eigenvalue weighted by atomic mass is 10.0. The number of aromatic nitrogens is 2. The zero-order valence-electron chi connectivity index (χ0n) is 13.5. The standard InChI is InChI=1S/C19H19N3O/c1-11-4-6-14(7-5-11)16-10-17(22-19(20)21-16)15-8-12(2)13(3)9-18(15)23/h4-10,23H,1-3H3,(H2,20,21,22). The molecule has 1 heterocycles. The van der Waals surface area contributed by atoms with E-state index in [1.165, 1.54) is 5.56 Å². The van der Waals surface area contributed by atoms with E-state index in [2.05, 4.69) is 9.97 Å². The van der Waals surface area contributed by atoms with Crippen LogP contribution in [0.1, 0.15) is 16.7 Å². The average Bonchev–Trinajstić information content (AvgIpc) is 2.51. The third kappa shape index (κ3) is 3.01. The van der Waals surface area contributed by atoms with Crippen molar-refractivity contribution < 1.29 is 5.11 Å². The molecular formula is C19H19N3O. The Morgan fingerprint density at radius 1 is 0.826 bits per heavy atom. The molecule has 116 valence electrons. The number of phenolic OH excluding ortho intramolecular Hbond substituents is 1. The van der Waals surface area contributed by atoms with Gasteiger partial charge in [-0.15, -0.1) is 0 Å². The minimum atomic E-state index is 0.190. The van der Waals surface area contributed by atoms with Gasteiger partial charge in [0.05, 0.1) is 11.4 Å². The lowest BCUT2D eigenvalue weighted by Gasteiger charge is -2.10. The molecule has 1 aromatic heterocycles. The van der Waals surface area contributed by atoms with E-state index < -0.39 is 0 Å². The second-order valence-corrected chi connectivity index (χ2v) is 5.82. The molecular weight excluding hydrogens is 286 g/mol. The summed E-state index contributed by atoms with van der Waals surface area (Å²) >= 11 is 0. The van der Waals surface area contributed by atoms with Crippen molar-refractivity contribution >= 4 is 5.95 Å². The largest absolute Gasteiger partial charge is 0.507 e. The topological polar surface area (TPSA) is 72.0 Å². The van der Waals surface area contributed by atoms with E-state index in [-0.39, 0.29) is 11.7 Å². The number of hydrogen-bond acceptors (Lipinski definition) is 4. The second-order valence-electron chi connectivity index (χ2n) is 5.82. The first-order valence-electron chi connectivity index (χ1n) is 7.46. The number of aryl methyl sites for hydroxylation is 3. The van der Waals surface area contributed by atoms with Gasteiger partial charge in [-0.2, -0.15) is 0 Å². The van der Waals surface area contributed by atoms with Crippen LogP contribution in [0.15, 0.2) is 42.5 Å². The van der Waals surface area contributed by atoms with Gasteiger partial charge in [-0.3, -0.25) is 0 Å². The lowest BCUT2D eigenvalue weighted by Crippen LogP contribution is -1.99. The first kappa shape index (κ1) is 15.0. The zero-order valence-corrected chi connectivity index (χ0v) is 13.5. The maximum absolute atomic E-state index is 10.3. The fourth-order valence-corrected chi connectivity index (χ4v) is 2.48. The van der Waals surface area contributed by atoms with Crippen molar-refractivity contribution in [3.05, 3.63) is 59.2 Å². The van der Waals surface area contributed by atoms with Crippen LogP contribution in [-0.4, -0.2) is 15.1 Å². The van der Waals surface area contributed by atoms with E-state index in [0.29, 0.717) is 11.3 Å². The molecule has 2 aromatic carbocycles. The molecule has 0 amide bonds. The van der Waals surface area contributed by atoms with Crippen LogP contribution in [0.5, 0.6) is 5.75 Å². The maximum atomic E-state index is 10.3. The smallest absolute Gasteiger partial charge is 0.221 e. The summed E-state index contributed by atoms with van der Waals surface area (Å²) in [5.74, 6) is 0.386. The highest BCUT2D eigenvalue weighted by molar-refractivity contribution is 5.73. The molecule has 0 aliphatic carbocycles. The van der Waals surface area contributed by atoms with E-state index in [4.69, 9.17) is 5.73 Å². The minimum absolute atomic E-state index is 0.190. The molecule has 0 aliphatic heterocycles. The van der Waals surface area contributed by atoms with Crippen LogP contribution < -0.4 is 5.73 Å². The molecule has 23 heavy (non-hydrogen) atoms. The average molecular weight is 305 g/mol. The first-order valence-corrected chi connectivity index (χ1v) is 7.46. The van der Waals surface area contributed by atoms with Gasteiger partial charge < -0.3 is 10.8 Å². The van der Waals surface area contributed by atoms with Gasteiger partial charge in [0.2, 0.25) is 5.95 Å². The quantitative estimate of drug-likeness (QED) is 0.750. The molecule has 4 heteroatoms. The number of nitrogen functional groups attached to an aromatic ring is 1. The molecule has 0 atom stereocenters. The maximum Gasteiger partial charge on any atom is 0.221 e. The van der Waals surface area contributed by atoms with Crippen molar-refractivity contribution in [2.75, 3.05) is 5.73 Å². The molecule has 3 rings (SSSR count). The van der Waals surface area contributed by atoms with Gasteiger partial charge in [0, 0.05) is 11.1 Å². The Morgan fingerprint density at radius 3 is 2.13 bits per heavy atom. The third-order valence-electron chi connectivity index (χ3n) is 3.98. The highest BCUT2D eigenvalue weighted by atomic mass is 16.3. The Bertz CT molecular complexity index is 871. The number of nitrogens with two attached hydrogens (primary N) is 1. The Labute approximate surface area is 135 Å². The normalized spacial score (nSPS) is 10.7. The highest BCUT2D eigenvalue weighted by Crippen LogP contribution is 2.32. The number of nitrogens with zero attached hydrogens (tertiary/aromatic N) is 2. The van der Waals surface area contributed by atoms with Crippen molar-refractivity contribution in [1.29, 1.82) is 0 Å². The Hall–Kier alpha value is -2.88. The number of phenols is 1. The van der Waals surface area contributed by atoms with Gasteiger partial charge in [0.25, 0.3) is 0 Å². The molecule has 0 saturated carbocycles. The summed E-state index contributed by atoms with van der Waals surface area (Å²) < 4.78 is 0. The first-order chi connectivity index (χ1) is 10.9. The van der Waals surface area contributed by atoms with Gasteiger partial charge in [0.1, 0.15) is 5.75 Å². The number of hydrogen-bond donors (Lipinski definition) is 2. The number of anilines is 1. The molecule has 3 aromatic rings. The van der Waals surface area contributed by atoms with E-state index in [0.717, 1.165) is 22.4 Å². The van der Waals surface area contributed by atoms with Gasteiger partial charge in [-0.1, -0.05) is 29.8 Å². The minimum Gasteiger partial charge on any atom is -0.507 e. The van der Waals surface area contributed by atoms with Crippen molar-refractivity contribution in [2.24, 2.45) is 0 Å². The zero-order chi connectivity index (χ0) is 16.6. The molecule has 0 fully saturated rings. The summed E-state index contributed by atoms with van der Waals surface area (Å²) in [6, 6.07) is 13.6. The molecule has 0 spiro atoms. The number of aromatic hydroxyl groups is 1. The van der Waals surface area contributed by atoms with Crippen LogP contribution in [0.2, 0.25) is 0 Å². The number of benzene rings is 2. The summed E-state index contributed by atoms with van der Waals surface area (Å²) in [4.78, 5) is 8.60. The summed E-state index contributed by atoms with van der Waals surface area (Å²) in [6.45, 7) is 6.01. The van der Waals surface area contributed by atoms with Crippen molar-refractivity contribution in [3.8, 4) is 28.3 Å². The Kier molecular flexibility index (Phi) is 3.74. The van der Waals surface area contributed by atoms with Crippen LogP contribution in [0, 0.1) is 20.8 Å². The van der Waals surface area contributed by atoms with Gasteiger partial charge in [0.15, 0.2) is 0 Å². The van der Waals surface area contributed by atoms with Crippen molar-refractivity contribution in [2.45, 2.75) is 20.8 Å². The van der Waals surface area contributed by atoms with E-state index in [1.807, 2.05) is 57.2 Å².